The Bertz CT molecular complexity index is 847. The van der Waals surface area contributed by atoms with Crippen LogP contribution in [0.1, 0.15) is 54.4 Å². The Labute approximate surface area is 166 Å². The van der Waals surface area contributed by atoms with E-state index in [-0.39, 0.29) is 12.2 Å². The normalized spacial score (nSPS) is 23.4. The zero-order valence-corrected chi connectivity index (χ0v) is 17.0. The van der Waals surface area contributed by atoms with E-state index < -0.39 is 0 Å². The summed E-state index contributed by atoms with van der Waals surface area (Å²) in [4.78, 5) is 0. The molecule has 2 aromatic rings. The third kappa shape index (κ3) is 3.18. The second-order valence-electron chi connectivity index (χ2n) is 7.39. The molecule has 0 amide bonds. The molecule has 150 valence electrons. The van der Waals surface area contributed by atoms with Gasteiger partial charge in [0.2, 0.25) is 0 Å². The van der Waals surface area contributed by atoms with Crippen LogP contribution in [0.3, 0.4) is 0 Å². The molecule has 3 atom stereocenters. The topological polar surface area (TPSA) is 46.2 Å². The zero-order valence-electron chi connectivity index (χ0n) is 17.0. The molecule has 28 heavy (non-hydrogen) atoms. The Hall–Kier alpha value is -2.40. The molecule has 0 unspecified atom stereocenters. The van der Waals surface area contributed by atoms with Gasteiger partial charge in [-0.1, -0.05) is 12.8 Å². The van der Waals surface area contributed by atoms with E-state index in [0.29, 0.717) is 11.7 Å². The van der Waals surface area contributed by atoms with Crippen molar-refractivity contribution in [1.82, 2.24) is 0 Å². The lowest BCUT2D eigenvalue weighted by Crippen LogP contribution is -2.34. The third-order valence-corrected chi connectivity index (χ3v) is 6.00. The van der Waals surface area contributed by atoms with Crippen LogP contribution in [-0.4, -0.2) is 34.5 Å². The van der Waals surface area contributed by atoms with Gasteiger partial charge in [0.15, 0.2) is 11.5 Å². The molecule has 2 aliphatic rings. The number of hydrogen-bond donors (Lipinski definition) is 0. The van der Waals surface area contributed by atoms with E-state index in [1.54, 1.807) is 28.4 Å². The zero-order chi connectivity index (χ0) is 19.7. The molecule has 1 saturated carbocycles. The molecule has 5 heteroatoms. The largest absolute Gasteiger partial charge is 0.497 e. The molecule has 0 spiro atoms. The van der Waals surface area contributed by atoms with Crippen LogP contribution in [0.4, 0.5) is 0 Å². The van der Waals surface area contributed by atoms with Crippen molar-refractivity contribution in [3.8, 4) is 23.0 Å². The van der Waals surface area contributed by atoms with Crippen molar-refractivity contribution in [1.29, 1.82) is 0 Å². The summed E-state index contributed by atoms with van der Waals surface area (Å²) in [6.45, 7) is 0. The van der Waals surface area contributed by atoms with E-state index in [9.17, 15) is 0 Å². The molecule has 0 N–H and O–H groups in total. The van der Waals surface area contributed by atoms with Crippen LogP contribution in [0, 0.1) is 0 Å². The van der Waals surface area contributed by atoms with Gasteiger partial charge in [-0.25, -0.2) is 0 Å². The number of benzene rings is 2. The van der Waals surface area contributed by atoms with Gasteiger partial charge in [-0.2, -0.15) is 0 Å². The van der Waals surface area contributed by atoms with E-state index in [4.69, 9.17) is 23.7 Å². The molecular weight excluding hydrogens is 356 g/mol. The number of fused-ring (bicyclic) bond motifs is 3. The molecule has 4 rings (SSSR count). The molecular formula is C23H28O5. The van der Waals surface area contributed by atoms with Crippen molar-refractivity contribution in [2.24, 2.45) is 0 Å². The molecule has 0 saturated heterocycles. The molecule has 0 radical (unpaired) electrons. The lowest BCUT2D eigenvalue weighted by molar-refractivity contribution is -0.0399. The number of rotatable bonds is 5. The number of methoxy groups -OCH3 is 4. The maximum absolute atomic E-state index is 6.69. The first-order valence-corrected chi connectivity index (χ1v) is 9.83. The van der Waals surface area contributed by atoms with Crippen molar-refractivity contribution in [2.45, 2.75) is 43.8 Å². The number of hydrogen-bond acceptors (Lipinski definition) is 5. The lowest BCUT2D eigenvalue weighted by Gasteiger charge is -2.41. The van der Waals surface area contributed by atoms with Gasteiger partial charge in [-0.3, -0.25) is 0 Å². The summed E-state index contributed by atoms with van der Waals surface area (Å²) in [5, 5.41) is 0. The smallest absolute Gasteiger partial charge is 0.161 e. The average Bonchev–Trinajstić information content (AvgIpc) is 2.76. The lowest BCUT2D eigenvalue weighted by atomic mass is 9.75. The Morgan fingerprint density at radius 3 is 2.07 bits per heavy atom. The predicted octanol–water partition coefficient (Wildman–Crippen LogP) is 4.87. The van der Waals surface area contributed by atoms with Crippen LogP contribution in [0.25, 0.3) is 0 Å². The van der Waals surface area contributed by atoms with Crippen molar-refractivity contribution < 1.29 is 23.7 Å². The minimum atomic E-state index is -0.237. The van der Waals surface area contributed by atoms with Crippen molar-refractivity contribution >= 4 is 0 Å². The summed E-state index contributed by atoms with van der Waals surface area (Å²) >= 11 is 0. The van der Waals surface area contributed by atoms with Gasteiger partial charge in [0, 0.05) is 11.5 Å². The highest BCUT2D eigenvalue weighted by Gasteiger charge is 2.39. The molecule has 0 aromatic heterocycles. The van der Waals surface area contributed by atoms with Gasteiger partial charge in [0.05, 0.1) is 34.5 Å². The standard InChI is InChI=1S/C23H28O5/c1-24-14-9-10-19(25-2)18(11-14)23-17-13-22(27-4)21(26-3)12-16(17)15-7-5-6-8-20(15)28-23/h9-13,15,20,23H,5-8H2,1-4H3/t15-,20+,23+/m1/s1. The Balaban J connectivity index is 1.90. The van der Waals surface area contributed by atoms with Crippen molar-refractivity contribution in [3.05, 3.63) is 47.0 Å². The first kappa shape index (κ1) is 18.9. The van der Waals surface area contributed by atoms with E-state index in [1.807, 2.05) is 18.2 Å². The Morgan fingerprint density at radius 1 is 0.714 bits per heavy atom. The molecule has 0 bridgehead atoms. The maximum atomic E-state index is 6.69. The highest BCUT2D eigenvalue weighted by molar-refractivity contribution is 5.55. The minimum Gasteiger partial charge on any atom is -0.497 e. The fourth-order valence-corrected chi connectivity index (χ4v) is 4.61. The van der Waals surface area contributed by atoms with Crippen LogP contribution >= 0.6 is 0 Å². The highest BCUT2D eigenvalue weighted by Crippen LogP contribution is 2.51. The van der Waals surface area contributed by atoms with Crippen LogP contribution in [0.15, 0.2) is 30.3 Å². The monoisotopic (exact) mass is 384 g/mol. The quantitative estimate of drug-likeness (QED) is 0.736. The summed E-state index contributed by atoms with van der Waals surface area (Å²) in [5.41, 5.74) is 3.38. The van der Waals surface area contributed by atoms with Crippen LogP contribution in [0.5, 0.6) is 23.0 Å². The Kier molecular flexibility index (Phi) is 5.36. The summed E-state index contributed by atoms with van der Waals surface area (Å²) in [6.07, 6.45) is 4.59. The molecule has 1 aliphatic heterocycles. The van der Waals surface area contributed by atoms with Gasteiger partial charge in [-0.15, -0.1) is 0 Å². The summed E-state index contributed by atoms with van der Waals surface area (Å²) in [7, 11) is 6.71. The van der Waals surface area contributed by atoms with Gasteiger partial charge in [-0.05, 0) is 54.3 Å². The third-order valence-electron chi connectivity index (χ3n) is 6.00. The van der Waals surface area contributed by atoms with Gasteiger partial charge in [0.1, 0.15) is 17.6 Å². The highest BCUT2D eigenvalue weighted by atomic mass is 16.5. The van der Waals surface area contributed by atoms with Crippen molar-refractivity contribution in [3.63, 3.8) is 0 Å². The molecule has 2 aromatic carbocycles. The summed E-state index contributed by atoms with van der Waals surface area (Å²) in [6, 6.07) is 10.0. The summed E-state index contributed by atoms with van der Waals surface area (Å²) < 4.78 is 29.0. The van der Waals surface area contributed by atoms with Crippen molar-refractivity contribution in [2.75, 3.05) is 28.4 Å². The fourth-order valence-electron chi connectivity index (χ4n) is 4.61. The second kappa shape index (κ2) is 7.92. The van der Waals surface area contributed by atoms with Gasteiger partial charge >= 0.3 is 0 Å². The summed E-state index contributed by atoms with van der Waals surface area (Å²) in [5.74, 6) is 3.44. The minimum absolute atomic E-state index is 0.195. The van der Waals surface area contributed by atoms with Gasteiger partial charge < -0.3 is 23.7 Å². The van der Waals surface area contributed by atoms with Crippen LogP contribution in [-0.2, 0) is 4.74 Å². The first-order chi connectivity index (χ1) is 13.7. The van der Waals surface area contributed by atoms with E-state index in [1.165, 1.54) is 18.4 Å². The SMILES string of the molecule is COc1ccc(OC)c([C@H]2O[C@H]3CCCC[C@@H]3c3cc(OC)c(OC)cc32)c1. The maximum Gasteiger partial charge on any atom is 0.161 e. The molecule has 1 heterocycles. The molecule has 5 nitrogen and oxygen atoms in total. The number of ether oxygens (including phenoxy) is 5. The first-order valence-electron chi connectivity index (χ1n) is 9.83. The van der Waals surface area contributed by atoms with Crippen LogP contribution in [0.2, 0.25) is 0 Å². The van der Waals surface area contributed by atoms with Crippen LogP contribution < -0.4 is 18.9 Å². The predicted molar refractivity (Wildman–Crippen MR) is 107 cm³/mol. The Morgan fingerprint density at radius 2 is 1.39 bits per heavy atom. The van der Waals surface area contributed by atoms with Gasteiger partial charge in [0.25, 0.3) is 0 Å². The van der Waals surface area contributed by atoms with E-state index in [2.05, 4.69) is 12.1 Å². The molecule has 1 fully saturated rings. The van der Waals surface area contributed by atoms with E-state index in [0.717, 1.165) is 41.2 Å². The van der Waals surface area contributed by atoms with E-state index >= 15 is 0 Å². The molecule has 1 aliphatic carbocycles. The second-order valence-corrected chi connectivity index (χ2v) is 7.39. The average molecular weight is 384 g/mol. The fraction of sp³-hybridized carbons (Fsp3) is 0.478.